The van der Waals surface area contributed by atoms with E-state index in [-0.39, 0.29) is 0 Å². The second kappa shape index (κ2) is 7.47. The molecule has 0 spiro atoms. The molecule has 0 amide bonds. The summed E-state index contributed by atoms with van der Waals surface area (Å²) in [4.78, 5) is 0. The van der Waals surface area contributed by atoms with E-state index in [2.05, 4.69) is 0 Å². The molecule has 116 valence electrons. The minimum Gasteiger partial charge on any atom is -0.497 e. The van der Waals surface area contributed by atoms with Crippen LogP contribution < -0.4 is 9.47 Å². The van der Waals surface area contributed by atoms with Crippen LogP contribution in [0.2, 0.25) is 20.1 Å². The zero-order chi connectivity index (χ0) is 16.3. The minimum absolute atomic E-state index is 0.473. The third kappa shape index (κ3) is 3.82. The molecule has 6 heteroatoms. The van der Waals surface area contributed by atoms with Gasteiger partial charge in [0, 0.05) is 11.1 Å². The van der Waals surface area contributed by atoms with Gasteiger partial charge in [0.2, 0.25) is 0 Å². The molecular formula is C16H12Cl4O2. The van der Waals surface area contributed by atoms with Gasteiger partial charge in [0.15, 0.2) is 0 Å². The van der Waals surface area contributed by atoms with E-state index in [9.17, 15) is 0 Å². The molecule has 0 unspecified atom stereocenters. The zero-order valence-corrected chi connectivity index (χ0v) is 14.8. The van der Waals surface area contributed by atoms with E-state index in [1.165, 1.54) is 0 Å². The van der Waals surface area contributed by atoms with E-state index in [4.69, 9.17) is 55.9 Å². The number of benzene rings is 2. The van der Waals surface area contributed by atoms with Crippen LogP contribution in [0.15, 0.2) is 24.3 Å². The molecule has 0 bridgehead atoms. The van der Waals surface area contributed by atoms with Crippen LogP contribution in [0, 0.1) is 0 Å². The number of ether oxygens (including phenoxy) is 2. The summed E-state index contributed by atoms with van der Waals surface area (Å²) in [6.07, 6.45) is 3.51. The van der Waals surface area contributed by atoms with Crippen LogP contribution in [-0.4, -0.2) is 14.2 Å². The van der Waals surface area contributed by atoms with Crippen molar-refractivity contribution in [2.75, 3.05) is 14.2 Å². The monoisotopic (exact) mass is 376 g/mol. The highest BCUT2D eigenvalue weighted by molar-refractivity contribution is 6.39. The maximum Gasteiger partial charge on any atom is 0.121 e. The predicted octanol–water partition coefficient (Wildman–Crippen LogP) is 6.49. The Labute approximate surface area is 149 Å². The molecule has 2 aromatic rings. The Morgan fingerprint density at radius 3 is 1.14 bits per heavy atom. The molecule has 2 aromatic carbocycles. The lowest BCUT2D eigenvalue weighted by atomic mass is 10.1. The highest BCUT2D eigenvalue weighted by Gasteiger charge is 2.09. The first-order valence-electron chi connectivity index (χ1n) is 6.20. The molecule has 2 nitrogen and oxygen atoms in total. The molecule has 0 saturated heterocycles. The van der Waals surface area contributed by atoms with Crippen molar-refractivity contribution in [1.82, 2.24) is 0 Å². The van der Waals surface area contributed by atoms with Crippen LogP contribution in [-0.2, 0) is 0 Å². The van der Waals surface area contributed by atoms with Gasteiger partial charge in [0.05, 0.1) is 34.3 Å². The van der Waals surface area contributed by atoms with E-state index in [1.54, 1.807) is 50.6 Å². The van der Waals surface area contributed by atoms with Gasteiger partial charge >= 0.3 is 0 Å². The summed E-state index contributed by atoms with van der Waals surface area (Å²) < 4.78 is 10.2. The van der Waals surface area contributed by atoms with Gasteiger partial charge in [0.25, 0.3) is 0 Å². The van der Waals surface area contributed by atoms with Crippen molar-refractivity contribution in [2.45, 2.75) is 0 Å². The fourth-order valence-electron chi connectivity index (χ4n) is 1.84. The van der Waals surface area contributed by atoms with Crippen LogP contribution in [0.1, 0.15) is 11.1 Å². The molecule has 22 heavy (non-hydrogen) atoms. The molecule has 0 fully saturated rings. The number of hydrogen-bond acceptors (Lipinski definition) is 2. The summed E-state index contributed by atoms with van der Waals surface area (Å²) in [6.45, 7) is 0. The molecule has 0 aliphatic heterocycles. The lowest BCUT2D eigenvalue weighted by molar-refractivity contribution is 0.414. The summed E-state index contributed by atoms with van der Waals surface area (Å²) in [5.41, 5.74) is 1.32. The first-order chi connectivity index (χ1) is 10.5. The zero-order valence-electron chi connectivity index (χ0n) is 11.8. The average Bonchev–Trinajstić information content (AvgIpc) is 2.47. The van der Waals surface area contributed by atoms with Gasteiger partial charge in [-0.1, -0.05) is 58.6 Å². The Morgan fingerprint density at radius 1 is 0.636 bits per heavy atom. The summed E-state index contributed by atoms with van der Waals surface area (Å²) in [6, 6.07) is 6.74. The Morgan fingerprint density at radius 2 is 0.909 bits per heavy atom. The molecule has 0 heterocycles. The molecule has 2 rings (SSSR count). The topological polar surface area (TPSA) is 18.5 Å². The van der Waals surface area contributed by atoms with Gasteiger partial charge in [-0.3, -0.25) is 0 Å². The Hall–Kier alpha value is -1.06. The molecule has 0 aliphatic carbocycles. The average molecular weight is 378 g/mol. The summed E-state index contributed by atoms with van der Waals surface area (Å²) >= 11 is 24.8. The molecule has 0 atom stereocenters. The van der Waals surface area contributed by atoms with E-state index in [0.29, 0.717) is 42.7 Å². The van der Waals surface area contributed by atoms with Crippen LogP contribution in [0.25, 0.3) is 12.2 Å². The second-order valence-electron chi connectivity index (χ2n) is 4.34. The molecular weight excluding hydrogens is 366 g/mol. The van der Waals surface area contributed by atoms with Crippen molar-refractivity contribution >= 4 is 58.6 Å². The number of methoxy groups -OCH3 is 2. The lowest BCUT2D eigenvalue weighted by Gasteiger charge is -2.08. The minimum atomic E-state index is 0.473. The van der Waals surface area contributed by atoms with E-state index in [1.807, 2.05) is 0 Å². The van der Waals surface area contributed by atoms with E-state index in [0.717, 1.165) is 0 Å². The van der Waals surface area contributed by atoms with Crippen molar-refractivity contribution in [2.24, 2.45) is 0 Å². The van der Waals surface area contributed by atoms with Crippen molar-refractivity contribution in [1.29, 1.82) is 0 Å². The Bertz CT molecular complexity index is 619. The highest BCUT2D eigenvalue weighted by Crippen LogP contribution is 2.35. The number of halogens is 4. The molecule has 0 radical (unpaired) electrons. The van der Waals surface area contributed by atoms with Crippen molar-refractivity contribution < 1.29 is 9.47 Å². The Balaban J connectivity index is 2.41. The number of hydrogen-bond donors (Lipinski definition) is 0. The highest BCUT2D eigenvalue weighted by atomic mass is 35.5. The summed E-state index contributed by atoms with van der Waals surface area (Å²) in [5, 5.41) is 1.89. The lowest BCUT2D eigenvalue weighted by Crippen LogP contribution is -1.87. The quantitative estimate of drug-likeness (QED) is 0.567. The largest absolute Gasteiger partial charge is 0.497 e. The van der Waals surface area contributed by atoms with Crippen LogP contribution >= 0.6 is 46.4 Å². The van der Waals surface area contributed by atoms with Crippen molar-refractivity contribution in [3.63, 3.8) is 0 Å². The van der Waals surface area contributed by atoms with Crippen LogP contribution in [0.3, 0.4) is 0 Å². The summed E-state index contributed by atoms with van der Waals surface area (Å²) in [5.74, 6) is 1.18. The molecule has 0 aliphatic rings. The van der Waals surface area contributed by atoms with Gasteiger partial charge < -0.3 is 9.47 Å². The third-order valence-electron chi connectivity index (χ3n) is 2.99. The van der Waals surface area contributed by atoms with Gasteiger partial charge in [-0.25, -0.2) is 0 Å². The predicted molar refractivity (Wildman–Crippen MR) is 95.0 cm³/mol. The van der Waals surface area contributed by atoms with E-state index >= 15 is 0 Å². The van der Waals surface area contributed by atoms with Crippen molar-refractivity contribution in [3.8, 4) is 11.5 Å². The van der Waals surface area contributed by atoms with Gasteiger partial charge in [0.1, 0.15) is 11.5 Å². The van der Waals surface area contributed by atoms with Crippen LogP contribution in [0.5, 0.6) is 11.5 Å². The first-order valence-corrected chi connectivity index (χ1v) is 7.71. The SMILES string of the molecule is COc1cc(Cl)c(/C=C\c2c(Cl)cc(OC)cc2Cl)c(Cl)c1. The smallest absolute Gasteiger partial charge is 0.121 e. The second-order valence-corrected chi connectivity index (χ2v) is 5.97. The normalized spacial score (nSPS) is 11.0. The maximum atomic E-state index is 6.21. The van der Waals surface area contributed by atoms with Gasteiger partial charge in [-0.15, -0.1) is 0 Å². The third-order valence-corrected chi connectivity index (χ3v) is 4.24. The fraction of sp³-hybridized carbons (Fsp3) is 0.125. The van der Waals surface area contributed by atoms with E-state index < -0.39 is 0 Å². The van der Waals surface area contributed by atoms with Crippen molar-refractivity contribution in [3.05, 3.63) is 55.5 Å². The Kier molecular flexibility index (Phi) is 5.87. The molecule has 0 N–H and O–H groups in total. The summed E-state index contributed by atoms with van der Waals surface area (Å²) in [7, 11) is 3.10. The van der Waals surface area contributed by atoms with Gasteiger partial charge in [-0.05, 0) is 24.3 Å². The maximum absolute atomic E-state index is 6.21. The van der Waals surface area contributed by atoms with Gasteiger partial charge in [-0.2, -0.15) is 0 Å². The molecule has 0 aromatic heterocycles. The van der Waals surface area contributed by atoms with Crippen LogP contribution in [0.4, 0.5) is 0 Å². The molecule has 0 saturated carbocycles. The fourth-order valence-corrected chi connectivity index (χ4v) is 3.03. The standard InChI is InChI=1S/C16H12Cl4O2/c1-21-9-5-13(17)11(14(18)6-9)3-4-12-15(19)7-10(22-2)8-16(12)20/h3-8H,1-2H3/b4-3-. The number of rotatable bonds is 4. The first kappa shape index (κ1) is 17.3.